The van der Waals surface area contributed by atoms with E-state index in [2.05, 4.69) is 5.32 Å². The molecule has 2 aromatic rings. The van der Waals surface area contributed by atoms with Crippen LogP contribution in [0.15, 0.2) is 42.5 Å². The van der Waals surface area contributed by atoms with Crippen molar-refractivity contribution in [3.05, 3.63) is 59.2 Å². The first kappa shape index (κ1) is 22.0. The van der Waals surface area contributed by atoms with E-state index in [0.717, 1.165) is 25.9 Å². The molecule has 31 heavy (non-hydrogen) atoms. The highest BCUT2D eigenvalue weighted by Crippen LogP contribution is 2.24. The Balaban J connectivity index is 1.77. The smallest absolute Gasteiger partial charge is 0.335 e. The second-order valence-corrected chi connectivity index (χ2v) is 7.82. The van der Waals surface area contributed by atoms with Gasteiger partial charge in [-0.05, 0) is 61.1 Å². The number of benzene rings is 2. The number of aromatic carboxylic acids is 1. The Morgan fingerprint density at radius 3 is 2.32 bits per heavy atom. The molecule has 0 unspecified atom stereocenters. The normalized spacial score (nSPS) is 14.2. The highest BCUT2D eigenvalue weighted by Gasteiger charge is 2.21. The van der Waals surface area contributed by atoms with Crippen LogP contribution in [0.2, 0.25) is 0 Å². The molecule has 162 valence electrons. The van der Waals surface area contributed by atoms with Crippen LogP contribution in [0.4, 0.5) is 0 Å². The van der Waals surface area contributed by atoms with E-state index in [1.54, 1.807) is 37.3 Å². The van der Waals surface area contributed by atoms with E-state index in [1.807, 2.05) is 4.90 Å². The van der Waals surface area contributed by atoms with E-state index in [9.17, 15) is 14.7 Å². The van der Waals surface area contributed by atoms with Gasteiger partial charge in [-0.25, -0.2) is 4.79 Å². The van der Waals surface area contributed by atoms with Crippen LogP contribution in [0, 0.1) is 16.7 Å². The summed E-state index contributed by atoms with van der Waals surface area (Å²) in [7, 11) is 0. The van der Waals surface area contributed by atoms with E-state index in [1.165, 1.54) is 12.1 Å². The predicted octanol–water partition coefficient (Wildman–Crippen LogP) is 2.77. The minimum absolute atomic E-state index is 0.0191. The SMILES string of the molecule is CC(=N)N1CCC(CNC(=O)c2cc(C(=O)O)cc(-c3cccc(C(=N)N)c3)c2)CC1. The van der Waals surface area contributed by atoms with Crippen LogP contribution >= 0.6 is 0 Å². The molecule has 3 rings (SSSR count). The third-order valence-corrected chi connectivity index (χ3v) is 5.59. The molecule has 1 amide bonds. The maximum absolute atomic E-state index is 12.8. The number of carboxylic acids is 1. The number of hydrogen-bond donors (Lipinski definition) is 5. The van der Waals surface area contributed by atoms with E-state index in [4.69, 9.17) is 16.6 Å². The first-order valence-corrected chi connectivity index (χ1v) is 10.2. The number of carbonyl (C=O) groups is 2. The molecule has 8 nitrogen and oxygen atoms in total. The zero-order valence-corrected chi connectivity index (χ0v) is 17.4. The lowest BCUT2D eigenvalue weighted by Crippen LogP contribution is -2.40. The third kappa shape index (κ3) is 5.48. The van der Waals surface area contributed by atoms with Gasteiger partial charge in [0.25, 0.3) is 5.91 Å². The Bertz CT molecular complexity index is 1030. The molecular weight excluding hydrogens is 394 g/mol. The van der Waals surface area contributed by atoms with Crippen molar-refractivity contribution in [1.29, 1.82) is 10.8 Å². The van der Waals surface area contributed by atoms with Crippen LogP contribution in [0.5, 0.6) is 0 Å². The van der Waals surface area contributed by atoms with Gasteiger partial charge in [-0.3, -0.25) is 15.6 Å². The molecular formula is C23H27N5O3. The second kappa shape index (κ2) is 9.42. The average Bonchev–Trinajstić information content (AvgIpc) is 2.77. The summed E-state index contributed by atoms with van der Waals surface area (Å²) in [5.41, 5.74) is 7.63. The lowest BCUT2D eigenvalue weighted by molar-refractivity contribution is 0.0697. The fraction of sp³-hybridized carbons (Fsp3) is 0.304. The molecule has 1 aliphatic heterocycles. The monoisotopic (exact) mass is 421 g/mol. The highest BCUT2D eigenvalue weighted by molar-refractivity contribution is 6.00. The number of nitrogens with two attached hydrogens (primary N) is 1. The lowest BCUT2D eigenvalue weighted by Gasteiger charge is -2.32. The van der Waals surface area contributed by atoms with Gasteiger partial charge in [0.2, 0.25) is 0 Å². The van der Waals surface area contributed by atoms with Gasteiger partial charge >= 0.3 is 5.97 Å². The summed E-state index contributed by atoms with van der Waals surface area (Å²) in [6.07, 6.45) is 1.80. The molecule has 1 fully saturated rings. The lowest BCUT2D eigenvalue weighted by atomic mass is 9.96. The number of likely N-dealkylation sites (tertiary alicyclic amines) is 1. The van der Waals surface area contributed by atoms with Crippen LogP contribution in [0.25, 0.3) is 11.1 Å². The topological polar surface area (TPSA) is 143 Å². The third-order valence-electron chi connectivity index (χ3n) is 5.59. The number of amides is 1. The maximum Gasteiger partial charge on any atom is 0.335 e. The first-order chi connectivity index (χ1) is 14.7. The van der Waals surface area contributed by atoms with Gasteiger partial charge in [0.15, 0.2) is 0 Å². The van der Waals surface area contributed by atoms with Crippen molar-refractivity contribution in [1.82, 2.24) is 10.2 Å². The van der Waals surface area contributed by atoms with E-state index in [0.29, 0.717) is 35.0 Å². The van der Waals surface area contributed by atoms with E-state index < -0.39 is 5.97 Å². The number of nitrogen functional groups attached to an aromatic ring is 1. The van der Waals surface area contributed by atoms with Crippen LogP contribution in [0.1, 0.15) is 46.0 Å². The Hall–Kier alpha value is -3.68. The molecule has 2 aromatic carbocycles. The standard InChI is InChI=1S/C23H27N5O3/c1-14(24)28-7-5-15(6-8-28)13-27-22(29)19-10-18(11-20(12-19)23(30)31)16-3-2-4-17(9-16)21(25)26/h2-4,9-12,15,24H,5-8,13H2,1H3,(H3,25,26)(H,27,29)(H,30,31). The van der Waals surface area contributed by atoms with Gasteiger partial charge in [0, 0.05) is 30.8 Å². The minimum Gasteiger partial charge on any atom is -0.478 e. The zero-order chi connectivity index (χ0) is 22.5. The molecule has 8 heteroatoms. The molecule has 0 aromatic heterocycles. The van der Waals surface area contributed by atoms with Crippen molar-refractivity contribution in [3.63, 3.8) is 0 Å². The maximum atomic E-state index is 12.8. The molecule has 1 aliphatic rings. The molecule has 1 heterocycles. The van der Waals surface area contributed by atoms with Gasteiger partial charge in [0.05, 0.1) is 11.4 Å². The summed E-state index contributed by atoms with van der Waals surface area (Å²) in [6.45, 7) is 3.90. The second-order valence-electron chi connectivity index (χ2n) is 7.82. The van der Waals surface area contributed by atoms with Crippen molar-refractivity contribution < 1.29 is 14.7 Å². The number of carboxylic acid groups (broad SMARTS) is 1. The van der Waals surface area contributed by atoms with Crippen LogP contribution < -0.4 is 11.1 Å². The number of amidine groups is 2. The average molecular weight is 422 g/mol. The molecule has 0 saturated carbocycles. The first-order valence-electron chi connectivity index (χ1n) is 10.2. The van der Waals surface area contributed by atoms with Crippen molar-refractivity contribution in [2.45, 2.75) is 19.8 Å². The number of nitrogens with one attached hydrogen (secondary N) is 3. The van der Waals surface area contributed by atoms with Crippen molar-refractivity contribution >= 4 is 23.5 Å². The van der Waals surface area contributed by atoms with Gasteiger partial charge in [-0.1, -0.05) is 18.2 Å². The molecule has 0 radical (unpaired) electrons. The fourth-order valence-corrected chi connectivity index (χ4v) is 3.73. The Kier molecular flexibility index (Phi) is 6.69. The largest absolute Gasteiger partial charge is 0.478 e. The van der Waals surface area contributed by atoms with Crippen LogP contribution in [0.3, 0.4) is 0 Å². The number of carbonyl (C=O) groups excluding carboxylic acids is 1. The molecule has 6 N–H and O–H groups in total. The van der Waals surface area contributed by atoms with Gasteiger partial charge in [0.1, 0.15) is 5.84 Å². The Morgan fingerprint density at radius 2 is 1.71 bits per heavy atom. The Labute approximate surface area is 181 Å². The van der Waals surface area contributed by atoms with Crippen LogP contribution in [-0.4, -0.2) is 53.2 Å². The fourth-order valence-electron chi connectivity index (χ4n) is 3.73. The van der Waals surface area contributed by atoms with Crippen LogP contribution in [-0.2, 0) is 0 Å². The Morgan fingerprint density at radius 1 is 1.06 bits per heavy atom. The number of rotatable bonds is 6. The summed E-state index contributed by atoms with van der Waals surface area (Å²) in [5.74, 6) is -0.632. The molecule has 0 spiro atoms. The molecule has 1 saturated heterocycles. The molecule has 0 aliphatic carbocycles. The van der Waals surface area contributed by atoms with Crippen molar-refractivity contribution in [2.24, 2.45) is 11.7 Å². The quantitative estimate of drug-likeness (QED) is 0.360. The highest BCUT2D eigenvalue weighted by atomic mass is 16.4. The summed E-state index contributed by atoms with van der Waals surface area (Å²) < 4.78 is 0. The number of hydrogen-bond acceptors (Lipinski definition) is 4. The molecule has 0 atom stereocenters. The minimum atomic E-state index is -1.12. The molecule has 0 bridgehead atoms. The zero-order valence-electron chi connectivity index (χ0n) is 17.4. The van der Waals surface area contributed by atoms with E-state index >= 15 is 0 Å². The van der Waals surface area contributed by atoms with E-state index in [-0.39, 0.29) is 22.9 Å². The van der Waals surface area contributed by atoms with Crippen molar-refractivity contribution in [2.75, 3.05) is 19.6 Å². The van der Waals surface area contributed by atoms with Gasteiger partial charge in [-0.2, -0.15) is 0 Å². The predicted molar refractivity (Wildman–Crippen MR) is 120 cm³/mol. The van der Waals surface area contributed by atoms with Gasteiger partial charge < -0.3 is 21.1 Å². The van der Waals surface area contributed by atoms with Crippen molar-refractivity contribution in [3.8, 4) is 11.1 Å². The summed E-state index contributed by atoms with van der Waals surface area (Å²) in [5, 5.41) is 27.7. The summed E-state index contributed by atoms with van der Waals surface area (Å²) >= 11 is 0. The summed E-state index contributed by atoms with van der Waals surface area (Å²) in [6, 6.07) is 11.5. The summed E-state index contributed by atoms with van der Waals surface area (Å²) in [4.78, 5) is 26.4. The number of nitrogens with zero attached hydrogens (tertiary/aromatic N) is 1. The van der Waals surface area contributed by atoms with Gasteiger partial charge in [-0.15, -0.1) is 0 Å². The number of piperidine rings is 1.